The van der Waals surface area contributed by atoms with Crippen LogP contribution >= 0.6 is 7.82 Å². The number of esters is 1. The van der Waals surface area contributed by atoms with Crippen molar-refractivity contribution < 1.29 is 43.7 Å². The van der Waals surface area contributed by atoms with Crippen LogP contribution in [-0.4, -0.2) is 51.5 Å². The number of allylic oxidation sites excluding steroid dienone is 5. The molecule has 31 heavy (non-hydrogen) atoms. The Labute approximate surface area is 184 Å². The summed E-state index contributed by atoms with van der Waals surface area (Å²) in [5.41, 5.74) is 0. The molecule has 4 N–H and O–H groups in total. The highest BCUT2D eigenvalue weighted by Crippen LogP contribution is 2.35. The minimum absolute atomic E-state index is 0.246. The zero-order valence-corrected chi connectivity index (χ0v) is 19.1. The molecule has 0 aliphatic heterocycles. The molecule has 0 aromatic heterocycles. The number of phosphoric acid groups is 1. The second kappa shape index (κ2) is 19.4. The maximum absolute atomic E-state index is 11.6. The third-order valence-electron chi connectivity index (χ3n) is 4.17. The highest BCUT2D eigenvalue weighted by Gasteiger charge is 2.17. The van der Waals surface area contributed by atoms with E-state index < -0.39 is 26.5 Å². The average molecular weight is 464 g/mol. The normalized spacial score (nSPS) is 14.6. The van der Waals surface area contributed by atoms with Gasteiger partial charge in [0.25, 0.3) is 0 Å². The van der Waals surface area contributed by atoms with Crippen LogP contribution in [0.15, 0.2) is 36.5 Å². The Balaban J connectivity index is 3.55. The van der Waals surface area contributed by atoms with Gasteiger partial charge in [-0.15, -0.1) is 0 Å². The van der Waals surface area contributed by atoms with Crippen LogP contribution in [0.4, 0.5) is 0 Å². The van der Waals surface area contributed by atoms with Crippen molar-refractivity contribution in [2.24, 2.45) is 0 Å². The Kier molecular flexibility index (Phi) is 18.5. The number of aliphatic hydroxyl groups excluding tert-OH is 1. The van der Waals surface area contributed by atoms with Gasteiger partial charge < -0.3 is 19.6 Å². The lowest BCUT2D eigenvalue weighted by molar-refractivity contribution is -0.266. The van der Waals surface area contributed by atoms with Crippen molar-refractivity contribution in [2.45, 2.75) is 76.9 Å². The lowest BCUT2D eigenvalue weighted by Crippen LogP contribution is -2.23. The first-order valence-electron chi connectivity index (χ1n) is 10.6. The van der Waals surface area contributed by atoms with Gasteiger partial charge in [-0.2, -0.15) is 0 Å². The van der Waals surface area contributed by atoms with Crippen molar-refractivity contribution in [1.82, 2.24) is 0 Å². The molecule has 9 nitrogen and oxygen atoms in total. The van der Waals surface area contributed by atoms with E-state index in [4.69, 9.17) is 19.8 Å². The van der Waals surface area contributed by atoms with Gasteiger partial charge in [-0.25, -0.2) is 9.45 Å². The first-order chi connectivity index (χ1) is 14.8. The quantitative estimate of drug-likeness (QED) is 0.0423. The first kappa shape index (κ1) is 29.7. The average Bonchev–Trinajstić information content (AvgIpc) is 2.73. The van der Waals surface area contributed by atoms with Crippen molar-refractivity contribution >= 4 is 13.8 Å². The molecule has 10 heteroatoms. The zero-order valence-electron chi connectivity index (χ0n) is 18.2. The Hall–Kier alpha value is -1.32. The monoisotopic (exact) mass is 464 g/mol. The number of carbonyl (C=O) groups excluding carboxylic acids is 1. The summed E-state index contributed by atoms with van der Waals surface area (Å²) < 4.78 is 19.5. The summed E-state index contributed by atoms with van der Waals surface area (Å²) in [6.07, 6.45) is 18.0. The van der Waals surface area contributed by atoms with Crippen molar-refractivity contribution in [3.05, 3.63) is 36.5 Å². The first-order valence-corrected chi connectivity index (χ1v) is 12.1. The lowest BCUT2D eigenvalue weighted by Gasteiger charge is -2.12. The van der Waals surface area contributed by atoms with Gasteiger partial charge in [0.1, 0.15) is 18.8 Å². The summed E-state index contributed by atoms with van der Waals surface area (Å²) in [6, 6.07) is 0. The molecule has 0 spiro atoms. The van der Waals surface area contributed by atoms with Crippen LogP contribution in [0, 0.1) is 0 Å². The molecule has 2 unspecified atom stereocenters. The van der Waals surface area contributed by atoms with E-state index in [0.29, 0.717) is 6.42 Å². The molecular formula is C21H37O9P. The van der Waals surface area contributed by atoms with Gasteiger partial charge in [0, 0.05) is 6.42 Å². The molecule has 0 saturated carbocycles. The smallest absolute Gasteiger partial charge is 0.463 e. The molecule has 0 aliphatic rings. The number of hydrogen-bond acceptors (Lipinski definition) is 7. The van der Waals surface area contributed by atoms with Gasteiger partial charge in [0.05, 0.1) is 6.61 Å². The largest absolute Gasteiger partial charge is 0.469 e. The number of ether oxygens (including phenoxy) is 1. The summed E-state index contributed by atoms with van der Waals surface area (Å²) in [7, 11) is -4.64. The molecule has 0 aliphatic carbocycles. The molecule has 2 atom stereocenters. The van der Waals surface area contributed by atoms with Crippen LogP contribution in [0.5, 0.6) is 0 Å². The van der Waals surface area contributed by atoms with Crippen molar-refractivity contribution in [3.63, 3.8) is 0 Å². The van der Waals surface area contributed by atoms with Gasteiger partial charge in [0.2, 0.25) is 0 Å². The van der Waals surface area contributed by atoms with Crippen LogP contribution in [0.3, 0.4) is 0 Å². The van der Waals surface area contributed by atoms with E-state index in [9.17, 15) is 14.5 Å². The SMILES string of the molecule is CCC(C=CC=CCC=CCCCCCCCC(=O)OCC(O)COP(=O)(O)O)OO. The minimum Gasteiger partial charge on any atom is -0.463 e. The van der Waals surface area contributed by atoms with Gasteiger partial charge in [0.15, 0.2) is 0 Å². The fraction of sp³-hybridized carbons (Fsp3) is 0.667. The maximum atomic E-state index is 11.6. The van der Waals surface area contributed by atoms with Gasteiger partial charge in [-0.3, -0.25) is 14.6 Å². The van der Waals surface area contributed by atoms with E-state index >= 15 is 0 Å². The maximum Gasteiger partial charge on any atom is 0.469 e. The molecule has 0 aromatic rings. The van der Waals surface area contributed by atoms with Crippen LogP contribution in [0.1, 0.15) is 64.7 Å². The molecule has 0 fully saturated rings. The summed E-state index contributed by atoms with van der Waals surface area (Å²) in [5.74, 6) is -0.449. The van der Waals surface area contributed by atoms with Crippen LogP contribution in [0.25, 0.3) is 0 Å². The Morgan fingerprint density at radius 1 is 1.00 bits per heavy atom. The number of unbranched alkanes of at least 4 members (excludes halogenated alkanes) is 5. The van der Waals surface area contributed by atoms with Crippen molar-refractivity contribution in [1.29, 1.82) is 0 Å². The van der Waals surface area contributed by atoms with Crippen LogP contribution in [0.2, 0.25) is 0 Å². The second-order valence-electron chi connectivity index (χ2n) is 7.00. The van der Waals surface area contributed by atoms with Gasteiger partial charge in [-0.1, -0.05) is 62.6 Å². The molecular weight excluding hydrogens is 427 g/mol. The summed E-state index contributed by atoms with van der Waals surface area (Å²) >= 11 is 0. The Bertz CT molecular complexity index is 579. The van der Waals surface area contributed by atoms with Crippen molar-refractivity contribution in [3.8, 4) is 0 Å². The third-order valence-corrected chi connectivity index (χ3v) is 4.66. The van der Waals surface area contributed by atoms with E-state index in [1.165, 1.54) is 0 Å². The number of hydrogen-bond donors (Lipinski definition) is 4. The van der Waals surface area contributed by atoms with Gasteiger partial charge in [-0.05, 0) is 32.1 Å². The molecule has 0 rings (SSSR count). The van der Waals surface area contributed by atoms with Crippen LogP contribution < -0.4 is 0 Å². The number of phosphoric ester groups is 1. The van der Waals surface area contributed by atoms with Crippen LogP contribution in [-0.2, 0) is 23.5 Å². The molecule has 0 amide bonds. The third kappa shape index (κ3) is 21.7. The fourth-order valence-electron chi connectivity index (χ4n) is 2.44. The molecule has 0 radical (unpaired) electrons. The number of rotatable bonds is 19. The topological polar surface area (TPSA) is 143 Å². The number of carbonyl (C=O) groups is 1. The minimum atomic E-state index is -4.64. The van der Waals surface area contributed by atoms with E-state index in [1.54, 1.807) is 6.08 Å². The fourth-order valence-corrected chi connectivity index (χ4v) is 2.80. The highest BCUT2D eigenvalue weighted by molar-refractivity contribution is 7.46. The number of aliphatic hydroxyl groups is 1. The molecule has 180 valence electrons. The molecule has 0 bridgehead atoms. The Morgan fingerprint density at radius 2 is 1.71 bits per heavy atom. The molecule has 0 saturated heterocycles. The highest BCUT2D eigenvalue weighted by atomic mass is 31.2. The van der Waals surface area contributed by atoms with E-state index in [0.717, 1.165) is 44.9 Å². The lowest BCUT2D eigenvalue weighted by atomic mass is 10.1. The van der Waals surface area contributed by atoms with Gasteiger partial charge >= 0.3 is 13.8 Å². The predicted molar refractivity (Wildman–Crippen MR) is 117 cm³/mol. The van der Waals surface area contributed by atoms with E-state index in [1.807, 2.05) is 25.2 Å². The zero-order chi connectivity index (χ0) is 23.4. The summed E-state index contributed by atoms with van der Waals surface area (Å²) in [4.78, 5) is 32.8. The van der Waals surface area contributed by atoms with E-state index in [2.05, 4.69) is 21.6 Å². The standard InChI is InChI=1S/C21H37O9P/c1-2-20(30-24)15-13-11-9-7-5-3-4-6-8-10-12-14-16-21(23)28-17-19(22)18-29-31(25,26)27/h3,5,9,11,13,15,19-20,22,24H,2,4,6-8,10,12,14,16-18H2,1H3,(H2,25,26,27). The summed E-state index contributed by atoms with van der Waals surface area (Å²) in [5, 5.41) is 18.0. The van der Waals surface area contributed by atoms with E-state index in [-0.39, 0.29) is 19.1 Å². The molecule has 0 heterocycles. The Morgan fingerprint density at radius 3 is 2.39 bits per heavy atom. The second-order valence-corrected chi connectivity index (χ2v) is 8.24. The predicted octanol–water partition coefficient (Wildman–Crippen LogP) is 4.06. The summed E-state index contributed by atoms with van der Waals surface area (Å²) in [6.45, 7) is 0.977. The molecule has 0 aromatic carbocycles. The van der Waals surface area contributed by atoms with Crippen molar-refractivity contribution in [2.75, 3.05) is 13.2 Å².